The molecule has 0 aromatic heterocycles. The molecule has 0 aromatic carbocycles. The lowest BCUT2D eigenvalue weighted by atomic mass is 11.1. The number of hydrazine groups is 1. The lowest BCUT2D eigenvalue weighted by molar-refractivity contribution is -0.532. The fourth-order valence-electron chi connectivity index (χ4n) is 0.0745. The van der Waals surface area contributed by atoms with Crippen molar-refractivity contribution in [1.29, 1.82) is 0 Å². The van der Waals surface area contributed by atoms with E-state index in [1.54, 1.807) is 5.43 Å². The molecule has 0 rings (SSSR count). The molecule has 0 atom stereocenters. The minimum atomic E-state index is -0.688. The van der Waals surface area contributed by atoms with Gasteiger partial charge in [-0.2, -0.15) is 0 Å². The standard InChI is InChI=1S/C2H4N2O2/c1-2-3-4(5)6/h2-3H,1H2. The number of rotatable bonds is 2. The van der Waals surface area contributed by atoms with Gasteiger partial charge in [-0.3, -0.25) is 0 Å². The fourth-order valence-corrected chi connectivity index (χ4v) is 0.0745. The molecule has 0 amide bonds. The van der Waals surface area contributed by atoms with Crippen LogP contribution in [0, 0.1) is 10.1 Å². The van der Waals surface area contributed by atoms with Crippen molar-refractivity contribution >= 4 is 0 Å². The Morgan fingerprint density at radius 2 is 2.50 bits per heavy atom. The normalized spacial score (nSPS) is 6.67. The SMILES string of the molecule is C=CN[N+](=O)[O-]. The van der Waals surface area contributed by atoms with E-state index in [1.165, 1.54) is 0 Å². The lowest BCUT2D eigenvalue weighted by Crippen LogP contribution is -2.12. The molecule has 4 heteroatoms. The smallest absolute Gasteiger partial charge is 0.161 e. The van der Waals surface area contributed by atoms with E-state index in [9.17, 15) is 10.1 Å². The summed E-state index contributed by atoms with van der Waals surface area (Å²) in [6.07, 6.45) is 1.00. The Kier molecular flexibility index (Phi) is 1.81. The Balaban J connectivity index is 3.05. The highest BCUT2D eigenvalue weighted by Gasteiger charge is 1.76. The van der Waals surface area contributed by atoms with Crippen LogP contribution in [0.4, 0.5) is 0 Å². The van der Waals surface area contributed by atoms with Gasteiger partial charge in [0.1, 0.15) is 0 Å². The van der Waals surface area contributed by atoms with Crippen molar-refractivity contribution in [3.05, 3.63) is 22.9 Å². The van der Waals surface area contributed by atoms with Crippen molar-refractivity contribution in [3.8, 4) is 0 Å². The Labute approximate surface area is 34.6 Å². The maximum absolute atomic E-state index is 9.22. The average molecular weight is 88.1 g/mol. The molecule has 0 saturated carbocycles. The van der Waals surface area contributed by atoms with E-state index in [0.29, 0.717) is 0 Å². The number of nitro groups is 1. The summed E-state index contributed by atoms with van der Waals surface area (Å²) in [4.78, 5) is 9.22. The molecule has 0 unspecified atom stereocenters. The van der Waals surface area contributed by atoms with Crippen molar-refractivity contribution < 1.29 is 5.03 Å². The Morgan fingerprint density at radius 3 is 2.50 bits per heavy atom. The lowest BCUT2D eigenvalue weighted by Gasteiger charge is -1.78. The monoisotopic (exact) mass is 88.0 g/mol. The maximum atomic E-state index is 9.22. The zero-order chi connectivity index (χ0) is 4.99. The summed E-state index contributed by atoms with van der Waals surface area (Å²) in [5.41, 5.74) is 1.69. The van der Waals surface area contributed by atoms with Crippen molar-refractivity contribution in [3.63, 3.8) is 0 Å². The third-order valence-electron chi connectivity index (χ3n) is 0.197. The van der Waals surface area contributed by atoms with Crippen LogP contribution in [-0.2, 0) is 0 Å². The van der Waals surface area contributed by atoms with Gasteiger partial charge in [-0.15, -0.1) is 5.43 Å². The fraction of sp³-hybridized carbons (Fsp3) is 0. The van der Waals surface area contributed by atoms with Gasteiger partial charge >= 0.3 is 0 Å². The molecule has 1 N–H and O–H groups in total. The molecule has 0 saturated heterocycles. The molecule has 0 aliphatic rings. The summed E-state index contributed by atoms with van der Waals surface area (Å²) in [5, 5.41) is 8.54. The number of nitrogens with one attached hydrogen (secondary N) is 1. The summed E-state index contributed by atoms with van der Waals surface area (Å²) in [6.45, 7) is 3.05. The molecular formula is C2H4N2O2. The average Bonchev–Trinajstić information content (AvgIpc) is 1.35. The number of nitrogens with zero attached hydrogens (tertiary/aromatic N) is 1. The molecule has 0 bridgehead atoms. The van der Waals surface area contributed by atoms with E-state index in [4.69, 9.17) is 0 Å². The number of hydrogen-bond acceptors (Lipinski definition) is 2. The van der Waals surface area contributed by atoms with Crippen molar-refractivity contribution in [1.82, 2.24) is 5.43 Å². The predicted octanol–water partition coefficient (Wildman–Crippen LogP) is -0.0888. The van der Waals surface area contributed by atoms with Gasteiger partial charge in [0.2, 0.25) is 0 Å². The molecular weight excluding hydrogens is 84.0 g/mol. The van der Waals surface area contributed by atoms with Crippen molar-refractivity contribution in [2.45, 2.75) is 0 Å². The molecule has 0 aliphatic heterocycles. The first kappa shape index (κ1) is 4.94. The Hall–Kier alpha value is -1.06. The van der Waals surface area contributed by atoms with E-state index in [0.717, 1.165) is 6.20 Å². The third-order valence-corrected chi connectivity index (χ3v) is 0.197. The van der Waals surface area contributed by atoms with Crippen LogP contribution in [0.2, 0.25) is 0 Å². The third kappa shape index (κ3) is 2.94. The van der Waals surface area contributed by atoms with Crippen LogP contribution >= 0.6 is 0 Å². The van der Waals surface area contributed by atoms with Gasteiger partial charge in [0, 0.05) is 0 Å². The van der Waals surface area contributed by atoms with E-state index in [2.05, 4.69) is 6.58 Å². The molecule has 4 nitrogen and oxygen atoms in total. The highest BCUT2D eigenvalue weighted by Crippen LogP contribution is 1.51. The van der Waals surface area contributed by atoms with Gasteiger partial charge in [-0.25, -0.2) is 10.1 Å². The Morgan fingerprint density at radius 1 is 2.00 bits per heavy atom. The molecule has 6 heavy (non-hydrogen) atoms. The van der Waals surface area contributed by atoms with Gasteiger partial charge in [0.25, 0.3) is 0 Å². The van der Waals surface area contributed by atoms with Crippen LogP contribution < -0.4 is 5.43 Å². The van der Waals surface area contributed by atoms with Gasteiger partial charge in [0.05, 0.1) is 6.20 Å². The molecule has 0 fully saturated rings. The molecule has 0 aliphatic carbocycles. The predicted molar refractivity (Wildman–Crippen MR) is 20.3 cm³/mol. The van der Waals surface area contributed by atoms with Gasteiger partial charge in [-0.05, 0) is 0 Å². The molecule has 34 valence electrons. The van der Waals surface area contributed by atoms with Crippen LogP contribution in [0.25, 0.3) is 0 Å². The summed E-state index contributed by atoms with van der Waals surface area (Å²) in [7, 11) is 0. The summed E-state index contributed by atoms with van der Waals surface area (Å²) >= 11 is 0. The highest BCUT2D eigenvalue weighted by molar-refractivity contribution is 4.51. The van der Waals surface area contributed by atoms with Gasteiger partial charge in [0.15, 0.2) is 5.03 Å². The summed E-state index contributed by atoms with van der Waals surface area (Å²) < 4.78 is 0. The van der Waals surface area contributed by atoms with Crippen LogP contribution in [0.1, 0.15) is 0 Å². The first-order valence-electron chi connectivity index (χ1n) is 1.29. The second kappa shape index (κ2) is 2.19. The molecule has 0 aromatic rings. The maximum Gasteiger partial charge on any atom is 0.161 e. The first-order chi connectivity index (χ1) is 2.77. The molecule has 0 heterocycles. The minimum absolute atomic E-state index is 0.688. The Bertz CT molecular complexity index is 69.9. The van der Waals surface area contributed by atoms with Crippen LogP contribution in [-0.4, -0.2) is 5.03 Å². The van der Waals surface area contributed by atoms with Crippen LogP contribution in [0.3, 0.4) is 0 Å². The first-order valence-corrected chi connectivity index (χ1v) is 1.29. The quantitative estimate of drug-likeness (QED) is 0.379. The van der Waals surface area contributed by atoms with Gasteiger partial charge in [-0.1, -0.05) is 6.58 Å². The zero-order valence-electron chi connectivity index (χ0n) is 3.05. The second-order valence-electron chi connectivity index (χ2n) is 0.590. The van der Waals surface area contributed by atoms with E-state index in [1.807, 2.05) is 0 Å². The van der Waals surface area contributed by atoms with E-state index in [-0.39, 0.29) is 0 Å². The van der Waals surface area contributed by atoms with E-state index < -0.39 is 5.03 Å². The molecule has 0 spiro atoms. The highest BCUT2D eigenvalue weighted by atomic mass is 16.7. The number of hydrogen-bond donors (Lipinski definition) is 1. The van der Waals surface area contributed by atoms with E-state index >= 15 is 0 Å². The largest absolute Gasteiger partial charge is 0.235 e. The second-order valence-corrected chi connectivity index (χ2v) is 0.590. The summed E-state index contributed by atoms with van der Waals surface area (Å²) in [5.74, 6) is 0. The summed E-state index contributed by atoms with van der Waals surface area (Å²) in [6, 6.07) is 0. The van der Waals surface area contributed by atoms with Crippen LogP contribution in [0.15, 0.2) is 12.8 Å². The zero-order valence-corrected chi connectivity index (χ0v) is 3.05. The minimum Gasteiger partial charge on any atom is -0.235 e. The van der Waals surface area contributed by atoms with Crippen molar-refractivity contribution in [2.75, 3.05) is 0 Å². The molecule has 0 radical (unpaired) electrons. The topological polar surface area (TPSA) is 55.2 Å². The van der Waals surface area contributed by atoms with Gasteiger partial charge < -0.3 is 0 Å². The van der Waals surface area contributed by atoms with Crippen molar-refractivity contribution in [2.24, 2.45) is 0 Å². The van der Waals surface area contributed by atoms with Crippen LogP contribution in [0.5, 0.6) is 0 Å².